The van der Waals surface area contributed by atoms with Gasteiger partial charge < -0.3 is 9.47 Å². The molecule has 0 atom stereocenters. The van der Waals surface area contributed by atoms with E-state index in [9.17, 15) is 4.79 Å². The van der Waals surface area contributed by atoms with Crippen LogP contribution in [0.3, 0.4) is 0 Å². The fraction of sp³-hybridized carbons (Fsp3) is 0.462. The fourth-order valence-corrected chi connectivity index (χ4v) is 1.34. The maximum atomic E-state index is 11.3. The highest BCUT2D eigenvalue weighted by atomic mass is 16.5. The first-order chi connectivity index (χ1) is 8.17. The summed E-state index contributed by atoms with van der Waals surface area (Å²) >= 11 is 0. The van der Waals surface area contributed by atoms with Crippen LogP contribution in [0.5, 0.6) is 5.75 Å². The highest BCUT2D eigenvalue weighted by Gasteiger charge is 2.08. The lowest BCUT2D eigenvalue weighted by Crippen LogP contribution is -2.14. The molecule has 0 bridgehead atoms. The Morgan fingerprint density at radius 1 is 1.35 bits per heavy atom. The number of aryl methyl sites for hydroxylation is 1. The van der Waals surface area contributed by atoms with Gasteiger partial charge in [-0.25, -0.2) is 4.79 Å². The number of hydrogen-bond donors (Lipinski definition) is 1. The van der Waals surface area contributed by atoms with E-state index in [4.69, 9.17) is 9.47 Å². The van der Waals surface area contributed by atoms with Gasteiger partial charge in [0.1, 0.15) is 5.75 Å². The molecule has 1 aromatic rings. The normalized spacial score (nSPS) is 9.82. The molecule has 1 N–H and O–H groups in total. The van der Waals surface area contributed by atoms with Crippen molar-refractivity contribution in [3.8, 4) is 5.75 Å². The summed E-state index contributed by atoms with van der Waals surface area (Å²) in [5, 5.41) is 2.66. The van der Waals surface area contributed by atoms with Gasteiger partial charge in [0.2, 0.25) is 0 Å². The molecule has 0 fully saturated rings. The second kappa shape index (κ2) is 6.78. The van der Waals surface area contributed by atoms with Crippen LogP contribution in [0.25, 0.3) is 0 Å². The van der Waals surface area contributed by atoms with Crippen molar-refractivity contribution in [1.29, 1.82) is 0 Å². The van der Waals surface area contributed by atoms with Crippen LogP contribution >= 0.6 is 0 Å². The van der Waals surface area contributed by atoms with Crippen molar-refractivity contribution in [3.63, 3.8) is 0 Å². The average molecular weight is 237 g/mol. The number of carbonyl (C=O) groups excluding carboxylic acids is 1. The van der Waals surface area contributed by atoms with Crippen molar-refractivity contribution in [2.75, 3.05) is 18.5 Å². The lowest BCUT2D eigenvalue weighted by Gasteiger charge is -2.12. The molecule has 1 rings (SSSR count). The monoisotopic (exact) mass is 237 g/mol. The molecule has 1 amide bonds. The molecule has 94 valence electrons. The predicted molar refractivity (Wildman–Crippen MR) is 67.6 cm³/mol. The highest BCUT2D eigenvalue weighted by molar-refractivity contribution is 5.86. The molecule has 0 heterocycles. The van der Waals surface area contributed by atoms with Crippen LogP contribution in [-0.4, -0.2) is 19.3 Å². The van der Waals surface area contributed by atoms with E-state index < -0.39 is 6.09 Å². The molecular weight excluding hydrogens is 218 g/mol. The van der Waals surface area contributed by atoms with Gasteiger partial charge in [-0.3, -0.25) is 5.32 Å². The van der Waals surface area contributed by atoms with Crippen LogP contribution < -0.4 is 10.1 Å². The predicted octanol–water partition coefficient (Wildman–Crippen LogP) is 3.35. The molecule has 0 aliphatic carbocycles. The van der Waals surface area contributed by atoms with Crippen molar-refractivity contribution in [3.05, 3.63) is 23.8 Å². The van der Waals surface area contributed by atoms with Crippen molar-refractivity contribution in [2.45, 2.75) is 27.2 Å². The zero-order valence-corrected chi connectivity index (χ0v) is 10.6. The quantitative estimate of drug-likeness (QED) is 0.854. The topological polar surface area (TPSA) is 47.6 Å². The Kier molecular flexibility index (Phi) is 5.33. The van der Waals surface area contributed by atoms with Gasteiger partial charge in [-0.2, -0.15) is 0 Å². The Balaban J connectivity index is 2.78. The van der Waals surface area contributed by atoms with Gasteiger partial charge in [0.25, 0.3) is 0 Å². The van der Waals surface area contributed by atoms with Crippen molar-refractivity contribution in [1.82, 2.24) is 0 Å². The largest absolute Gasteiger partial charge is 0.491 e. The van der Waals surface area contributed by atoms with Crippen LogP contribution in [0, 0.1) is 6.92 Å². The van der Waals surface area contributed by atoms with E-state index in [2.05, 4.69) is 5.32 Å². The first kappa shape index (κ1) is 13.4. The minimum Gasteiger partial charge on any atom is -0.491 e. The van der Waals surface area contributed by atoms with Crippen molar-refractivity contribution in [2.24, 2.45) is 0 Å². The summed E-state index contributed by atoms with van der Waals surface area (Å²) in [6, 6.07) is 5.63. The molecule has 4 heteroatoms. The molecule has 17 heavy (non-hydrogen) atoms. The number of rotatable bonds is 5. The molecular formula is C13H19NO3. The third-order valence-corrected chi connectivity index (χ3v) is 2.11. The number of ether oxygens (including phenoxy) is 2. The molecule has 0 saturated heterocycles. The van der Waals surface area contributed by atoms with Crippen molar-refractivity contribution < 1.29 is 14.3 Å². The standard InChI is InChI=1S/C13H19NO3/c1-4-8-17-12-9-10(3)6-7-11(12)14-13(15)16-5-2/h6-7,9H,4-5,8H2,1-3H3,(H,14,15). The molecule has 0 unspecified atom stereocenters. The molecule has 1 aromatic carbocycles. The summed E-state index contributed by atoms with van der Waals surface area (Å²) in [6.07, 6.45) is 0.463. The van der Waals surface area contributed by atoms with Gasteiger partial charge in [-0.05, 0) is 38.0 Å². The molecule has 4 nitrogen and oxygen atoms in total. The van der Waals surface area contributed by atoms with E-state index in [1.54, 1.807) is 6.92 Å². The van der Waals surface area contributed by atoms with E-state index in [1.165, 1.54) is 0 Å². The third-order valence-electron chi connectivity index (χ3n) is 2.11. The van der Waals surface area contributed by atoms with E-state index in [0.717, 1.165) is 12.0 Å². The average Bonchev–Trinajstić information content (AvgIpc) is 2.30. The Morgan fingerprint density at radius 3 is 2.76 bits per heavy atom. The molecule has 0 aliphatic heterocycles. The molecule has 0 aliphatic rings. The first-order valence-corrected chi connectivity index (χ1v) is 5.84. The second-order valence-electron chi connectivity index (χ2n) is 3.69. The summed E-state index contributed by atoms with van der Waals surface area (Å²) in [4.78, 5) is 11.3. The Hall–Kier alpha value is -1.71. The maximum absolute atomic E-state index is 11.3. The van der Waals surface area contributed by atoms with Crippen molar-refractivity contribution >= 4 is 11.8 Å². The Labute approximate surface area is 102 Å². The summed E-state index contributed by atoms with van der Waals surface area (Å²) in [6.45, 7) is 6.76. The Morgan fingerprint density at radius 2 is 2.12 bits per heavy atom. The van der Waals surface area contributed by atoms with Gasteiger partial charge in [-0.15, -0.1) is 0 Å². The van der Waals surface area contributed by atoms with Crippen LogP contribution in [0.4, 0.5) is 10.5 Å². The van der Waals surface area contributed by atoms with Gasteiger partial charge in [0, 0.05) is 0 Å². The highest BCUT2D eigenvalue weighted by Crippen LogP contribution is 2.26. The number of carbonyl (C=O) groups is 1. The van der Waals surface area contributed by atoms with Gasteiger partial charge in [-0.1, -0.05) is 13.0 Å². The summed E-state index contributed by atoms with van der Waals surface area (Å²) in [5.41, 5.74) is 1.73. The minimum absolute atomic E-state index is 0.350. The number of amides is 1. The van der Waals surface area contributed by atoms with Crippen LogP contribution in [0.2, 0.25) is 0 Å². The maximum Gasteiger partial charge on any atom is 0.411 e. The fourth-order valence-electron chi connectivity index (χ4n) is 1.34. The van der Waals surface area contributed by atoms with Crippen LogP contribution in [0.1, 0.15) is 25.8 Å². The number of anilines is 1. The van der Waals surface area contributed by atoms with E-state index >= 15 is 0 Å². The zero-order valence-electron chi connectivity index (χ0n) is 10.6. The molecule has 0 spiro atoms. The number of nitrogens with one attached hydrogen (secondary N) is 1. The lowest BCUT2D eigenvalue weighted by atomic mass is 10.2. The SMILES string of the molecule is CCCOc1cc(C)ccc1NC(=O)OCC. The van der Waals surface area contributed by atoms with Gasteiger partial charge in [0.05, 0.1) is 18.9 Å². The van der Waals surface area contributed by atoms with Gasteiger partial charge in [0.15, 0.2) is 0 Å². The smallest absolute Gasteiger partial charge is 0.411 e. The van der Waals surface area contributed by atoms with E-state index in [-0.39, 0.29) is 0 Å². The third kappa shape index (κ3) is 4.34. The van der Waals surface area contributed by atoms with Crippen LogP contribution in [-0.2, 0) is 4.74 Å². The number of benzene rings is 1. The van der Waals surface area contributed by atoms with E-state index in [0.29, 0.717) is 24.7 Å². The molecule has 0 aromatic heterocycles. The van der Waals surface area contributed by atoms with E-state index in [1.807, 2.05) is 32.0 Å². The minimum atomic E-state index is -0.460. The molecule has 0 saturated carbocycles. The van der Waals surface area contributed by atoms with Gasteiger partial charge >= 0.3 is 6.09 Å². The van der Waals surface area contributed by atoms with Crippen LogP contribution in [0.15, 0.2) is 18.2 Å². The molecule has 0 radical (unpaired) electrons. The summed E-state index contributed by atoms with van der Waals surface area (Å²) < 4.78 is 10.4. The summed E-state index contributed by atoms with van der Waals surface area (Å²) in [7, 11) is 0. The second-order valence-corrected chi connectivity index (χ2v) is 3.69. The Bertz CT molecular complexity index is 377. The lowest BCUT2D eigenvalue weighted by molar-refractivity contribution is 0.167. The summed E-state index contributed by atoms with van der Waals surface area (Å²) in [5.74, 6) is 0.680. The number of hydrogen-bond acceptors (Lipinski definition) is 3. The first-order valence-electron chi connectivity index (χ1n) is 5.84. The zero-order chi connectivity index (χ0) is 12.7.